The van der Waals surface area contributed by atoms with Crippen LogP contribution in [-0.2, 0) is 6.54 Å². The largest absolute Gasteiger partial charge is 0.357 e. The maximum atomic E-state index is 4.61. The lowest BCUT2D eigenvalue weighted by atomic mass is 9.96. The van der Waals surface area contributed by atoms with Crippen molar-refractivity contribution in [2.45, 2.75) is 51.6 Å². The molecule has 4 nitrogen and oxygen atoms in total. The van der Waals surface area contributed by atoms with Crippen LogP contribution in [-0.4, -0.2) is 23.5 Å². The molecule has 0 bridgehead atoms. The van der Waals surface area contributed by atoms with E-state index in [2.05, 4.69) is 27.5 Å². The predicted octanol–water partition coefficient (Wildman–Crippen LogP) is 3.09. The summed E-state index contributed by atoms with van der Waals surface area (Å²) in [6.45, 7) is 3.61. The van der Waals surface area contributed by atoms with Crippen LogP contribution in [0.1, 0.15) is 44.7 Å². The molecule has 1 heterocycles. The highest BCUT2D eigenvalue weighted by molar-refractivity contribution is 14.0. The molecule has 1 saturated carbocycles. The summed E-state index contributed by atoms with van der Waals surface area (Å²) in [7, 11) is 0. The Hall–Kier alpha value is -0.850. The summed E-state index contributed by atoms with van der Waals surface area (Å²) in [5.74, 6) is 0.917. The van der Waals surface area contributed by atoms with Gasteiger partial charge in [-0.25, -0.2) is 4.99 Å². The zero-order chi connectivity index (χ0) is 13.3. The third kappa shape index (κ3) is 6.07. The molecule has 2 N–H and O–H groups in total. The van der Waals surface area contributed by atoms with E-state index in [1.165, 1.54) is 32.1 Å². The second kappa shape index (κ2) is 9.96. The predicted molar refractivity (Wildman–Crippen MR) is 94.5 cm³/mol. The molecule has 0 unspecified atom stereocenters. The summed E-state index contributed by atoms with van der Waals surface area (Å²) in [6, 6.07) is 6.52. The van der Waals surface area contributed by atoms with Crippen molar-refractivity contribution in [3.63, 3.8) is 0 Å². The number of aromatic nitrogens is 1. The van der Waals surface area contributed by atoms with Gasteiger partial charge in [0.2, 0.25) is 0 Å². The summed E-state index contributed by atoms with van der Waals surface area (Å²) in [4.78, 5) is 8.90. The normalized spacial score (nSPS) is 16.4. The molecule has 0 amide bonds. The molecule has 0 atom stereocenters. The van der Waals surface area contributed by atoms with Crippen LogP contribution in [0.4, 0.5) is 0 Å². The van der Waals surface area contributed by atoms with Crippen LogP contribution in [0.3, 0.4) is 0 Å². The fourth-order valence-corrected chi connectivity index (χ4v) is 2.41. The Morgan fingerprint density at radius 2 is 2.10 bits per heavy atom. The maximum Gasteiger partial charge on any atom is 0.191 e. The number of nitrogens with one attached hydrogen (secondary N) is 2. The van der Waals surface area contributed by atoms with Gasteiger partial charge in [0.05, 0.1) is 12.2 Å². The van der Waals surface area contributed by atoms with E-state index in [0.29, 0.717) is 12.6 Å². The first kappa shape index (κ1) is 17.2. The number of aliphatic imine (C=N–C) groups is 1. The number of hydrogen-bond donors (Lipinski definition) is 2. The molecule has 1 fully saturated rings. The second-order valence-electron chi connectivity index (χ2n) is 5.00. The van der Waals surface area contributed by atoms with Crippen LogP contribution < -0.4 is 10.6 Å². The number of pyridine rings is 1. The first-order chi connectivity index (χ1) is 9.38. The lowest BCUT2D eigenvalue weighted by Gasteiger charge is -2.24. The zero-order valence-electron chi connectivity index (χ0n) is 12.1. The minimum Gasteiger partial charge on any atom is -0.357 e. The summed E-state index contributed by atoms with van der Waals surface area (Å²) < 4.78 is 0. The van der Waals surface area contributed by atoms with Crippen LogP contribution in [0.25, 0.3) is 0 Å². The number of hydrogen-bond acceptors (Lipinski definition) is 2. The fraction of sp³-hybridized carbons (Fsp3) is 0.600. The third-order valence-corrected chi connectivity index (χ3v) is 3.42. The topological polar surface area (TPSA) is 49.3 Å². The smallest absolute Gasteiger partial charge is 0.191 e. The van der Waals surface area contributed by atoms with Crippen LogP contribution in [0, 0.1) is 0 Å². The van der Waals surface area contributed by atoms with Gasteiger partial charge < -0.3 is 10.6 Å². The van der Waals surface area contributed by atoms with E-state index >= 15 is 0 Å². The van der Waals surface area contributed by atoms with Gasteiger partial charge in [-0.3, -0.25) is 4.98 Å². The SMILES string of the molecule is CCNC(=NCc1ccccn1)NC1CCCCC1.I. The standard InChI is InChI=1S/C15H24N4.HI/c1-2-16-15(19-13-8-4-3-5-9-13)18-12-14-10-6-7-11-17-14;/h6-7,10-11,13H,2-5,8-9,12H2,1H3,(H2,16,18,19);1H. The number of nitrogens with zero attached hydrogens (tertiary/aromatic N) is 2. The van der Waals surface area contributed by atoms with Gasteiger partial charge in [-0.15, -0.1) is 24.0 Å². The van der Waals surface area contributed by atoms with E-state index in [0.717, 1.165) is 18.2 Å². The van der Waals surface area contributed by atoms with Crippen molar-refractivity contribution in [1.82, 2.24) is 15.6 Å². The molecule has 1 aromatic heterocycles. The van der Waals surface area contributed by atoms with Crippen LogP contribution in [0.2, 0.25) is 0 Å². The highest BCUT2D eigenvalue weighted by Gasteiger charge is 2.14. The van der Waals surface area contributed by atoms with Crippen molar-refractivity contribution in [2.75, 3.05) is 6.54 Å². The Labute approximate surface area is 138 Å². The molecular formula is C15H25IN4. The summed E-state index contributed by atoms with van der Waals surface area (Å²) >= 11 is 0. The lowest BCUT2D eigenvalue weighted by molar-refractivity contribution is 0.410. The third-order valence-electron chi connectivity index (χ3n) is 3.42. The Morgan fingerprint density at radius 3 is 2.75 bits per heavy atom. The number of halogens is 1. The van der Waals surface area contributed by atoms with Crippen molar-refractivity contribution < 1.29 is 0 Å². The van der Waals surface area contributed by atoms with E-state index in [4.69, 9.17) is 0 Å². The van der Waals surface area contributed by atoms with Gasteiger partial charge in [-0.2, -0.15) is 0 Å². The molecule has 0 aliphatic heterocycles. The summed E-state index contributed by atoms with van der Waals surface area (Å²) in [5, 5.41) is 6.85. The fourth-order valence-electron chi connectivity index (χ4n) is 2.41. The molecule has 1 aromatic rings. The van der Waals surface area contributed by atoms with Gasteiger partial charge in [0.1, 0.15) is 0 Å². The van der Waals surface area contributed by atoms with Gasteiger partial charge in [0.25, 0.3) is 0 Å². The zero-order valence-corrected chi connectivity index (χ0v) is 14.5. The van der Waals surface area contributed by atoms with Crippen molar-refractivity contribution in [2.24, 2.45) is 4.99 Å². The van der Waals surface area contributed by atoms with E-state index in [1.807, 2.05) is 24.4 Å². The molecule has 5 heteroatoms. The van der Waals surface area contributed by atoms with E-state index < -0.39 is 0 Å². The average Bonchev–Trinajstić information content (AvgIpc) is 2.47. The van der Waals surface area contributed by atoms with Crippen molar-refractivity contribution in [1.29, 1.82) is 0 Å². The molecule has 1 aliphatic rings. The molecule has 0 spiro atoms. The second-order valence-corrected chi connectivity index (χ2v) is 5.00. The Kier molecular flexibility index (Phi) is 8.57. The number of guanidine groups is 1. The highest BCUT2D eigenvalue weighted by atomic mass is 127. The van der Waals surface area contributed by atoms with Crippen LogP contribution in [0.15, 0.2) is 29.4 Å². The van der Waals surface area contributed by atoms with Crippen molar-refractivity contribution in [3.8, 4) is 0 Å². The molecule has 20 heavy (non-hydrogen) atoms. The van der Waals surface area contributed by atoms with Crippen molar-refractivity contribution in [3.05, 3.63) is 30.1 Å². The summed E-state index contributed by atoms with van der Waals surface area (Å²) in [5.41, 5.74) is 1.00. The molecule has 112 valence electrons. The van der Waals surface area contributed by atoms with Crippen LogP contribution in [0.5, 0.6) is 0 Å². The van der Waals surface area contributed by atoms with Gasteiger partial charge in [0, 0.05) is 18.8 Å². The molecule has 0 saturated heterocycles. The summed E-state index contributed by atoms with van der Waals surface area (Å²) in [6.07, 6.45) is 8.36. The highest BCUT2D eigenvalue weighted by Crippen LogP contribution is 2.17. The first-order valence-electron chi connectivity index (χ1n) is 7.33. The van der Waals surface area contributed by atoms with Gasteiger partial charge in [-0.1, -0.05) is 25.3 Å². The van der Waals surface area contributed by atoms with Crippen LogP contribution >= 0.6 is 24.0 Å². The van der Waals surface area contributed by atoms with Crippen molar-refractivity contribution >= 4 is 29.9 Å². The molecule has 0 aromatic carbocycles. The Morgan fingerprint density at radius 1 is 1.30 bits per heavy atom. The van der Waals surface area contributed by atoms with E-state index in [9.17, 15) is 0 Å². The Balaban J connectivity index is 0.00000200. The first-order valence-corrected chi connectivity index (χ1v) is 7.33. The lowest BCUT2D eigenvalue weighted by Crippen LogP contribution is -2.44. The maximum absolute atomic E-state index is 4.61. The van der Waals surface area contributed by atoms with Gasteiger partial charge >= 0.3 is 0 Å². The molecular weight excluding hydrogens is 363 g/mol. The Bertz CT molecular complexity index is 388. The molecule has 0 radical (unpaired) electrons. The minimum atomic E-state index is 0. The minimum absolute atomic E-state index is 0. The van der Waals surface area contributed by atoms with Gasteiger partial charge in [0.15, 0.2) is 5.96 Å². The quantitative estimate of drug-likeness (QED) is 0.474. The molecule has 1 aliphatic carbocycles. The van der Waals surface area contributed by atoms with E-state index in [-0.39, 0.29) is 24.0 Å². The van der Waals surface area contributed by atoms with E-state index in [1.54, 1.807) is 0 Å². The molecule has 2 rings (SSSR count). The average molecular weight is 388 g/mol. The monoisotopic (exact) mass is 388 g/mol. The number of rotatable bonds is 4. The van der Waals surface area contributed by atoms with Gasteiger partial charge in [-0.05, 0) is 31.9 Å².